The number of aromatic nitrogens is 5. The average Bonchev–Trinajstić information content (AvgIpc) is 3.41. The van der Waals surface area contributed by atoms with Crippen LogP contribution >= 0.6 is 0 Å². The molecular weight excluding hydrogens is 507 g/mol. The quantitative estimate of drug-likeness (QED) is 0.372. The second-order valence-corrected chi connectivity index (χ2v) is 11.5. The van der Waals surface area contributed by atoms with E-state index in [2.05, 4.69) is 42.0 Å². The fourth-order valence-electron chi connectivity index (χ4n) is 5.39. The van der Waals surface area contributed by atoms with Crippen LogP contribution in [-0.4, -0.2) is 42.2 Å². The summed E-state index contributed by atoms with van der Waals surface area (Å²) in [5, 5.41) is 3.23. The molecule has 39 heavy (non-hydrogen) atoms. The van der Waals surface area contributed by atoms with Crippen LogP contribution in [0.1, 0.15) is 50.8 Å². The van der Waals surface area contributed by atoms with Crippen LogP contribution in [0, 0.1) is 5.41 Å². The summed E-state index contributed by atoms with van der Waals surface area (Å²) < 4.78 is 44.7. The largest absolute Gasteiger partial charge is 0.433 e. The van der Waals surface area contributed by atoms with Crippen molar-refractivity contribution in [1.82, 2.24) is 28.6 Å². The number of imidazole rings is 2. The summed E-state index contributed by atoms with van der Waals surface area (Å²) in [5.41, 5.74) is 4.06. The van der Waals surface area contributed by atoms with Crippen molar-refractivity contribution < 1.29 is 13.2 Å². The first-order valence-corrected chi connectivity index (χ1v) is 13.0. The van der Waals surface area contributed by atoms with Gasteiger partial charge < -0.3 is 9.88 Å². The number of nitrogens with zero attached hydrogens (tertiary/aromatic N) is 6. The van der Waals surface area contributed by atoms with E-state index in [9.17, 15) is 18.0 Å². The van der Waals surface area contributed by atoms with Crippen LogP contribution in [0.3, 0.4) is 0 Å². The number of hydrogen-bond acceptors (Lipinski definition) is 5. The Morgan fingerprint density at radius 3 is 2.51 bits per heavy atom. The Bertz CT molecular complexity index is 1590. The lowest BCUT2D eigenvalue weighted by Gasteiger charge is -2.34. The van der Waals surface area contributed by atoms with Crippen molar-refractivity contribution in [3.63, 3.8) is 0 Å². The molecule has 0 saturated heterocycles. The van der Waals surface area contributed by atoms with E-state index in [1.807, 2.05) is 38.2 Å². The van der Waals surface area contributed by atoms with E-state index in [1.54, 1.807) is 16.2 Å². The third-order valence-electron chi connectivity index (χ3n) is 7.34. The first kappa shape index (κ1) is 27.0. The molecule has 3 aromatic heterocycles. The standard InChI is InChI=1S/C28H34F3N7O/c1-17-24-33-14-23(28(29,30)31)37(24)12-11-36(17)15-18-7-8-20(32-5)19(13-18)21-9-10-22-25(34-21)35(6)26(39)38(22)16-27(2,3)4/h7-10,13-14,17,32H,11-12,15-16H2,1-6H3. The molecule has 8 nitrogen and oxygen atoms in total. The third-order valence-corrected chi connectivity index (χ3v) is 7.34. The fourth-order valence-corrected chi connectivity index (χ4v) is 5.39. The van der Waals surface area contributed by atoms with E-state index in [-0.39, 0.29) is 23.7 Å². The number of benzene rings is 1. The van der Waals surface area contributed by atoms with Crippen LogP contribution in [-0.2, 0) is 32.9 Å². The van der Waals surface area contributed by atoms with Crippen LogP contribution in [0.15, 0.2) is 41.3 Å². The van der Waals surface area contributed by atoms with E-state index < -0.39 is 11.9 Å². The molecule has 0 saturated carbocycles. The van der Waals surface area contributed by atoms with Gasteiger partial charge in [-0.2, -0.15) is 13.2 Å². The minimum absolute atomic E-state index is 0.0680. The molecule has 1 aliphatic heterocycles. The van der Waals surface area contributed by atoms with E-state index in [0.29, 0.717) is 31.1 Å². The molecule has 0 spiro atoms. The van der Waals surface area contributed by atoms with Crippen molar-refractivity contribution in [3.05, 3.63) is 64.1 Å². The average molecular weight is 542 g/mol. The summed E-state index contributed by atoms with van der Waals surface area (Å²) in [6, 6.07) is 9.66. The topological polar surface area (TPSA) is 72.9 Å². The van der Waals surface area contributed by atoms with Gasteiger partial charge in [0.05, 0.1) is 23.4 Å². The van der Waals surface area contributed by atoms with Crippen LogP contribution in [0.4, 0.5) is 18.9 Å². The lowest BCUT2D eigenvalue weighted by atomic mass is 9.97. The second-order valence-electron chi connectivity index (χ2n) is 11.5. The van der Waals surface area contributed by atoms with Crippen molar-refractivity contribution in [1.29, 1.82) is 0 Å². The van der Waals surface area contributed by atoms with Gasteiger partial charge in [0.15, 0.2) is 5.65 Å². The smallest absolute Gasteiger partial charge is 0.388 e. The van der Waals surface area contributed by atoms with Crippen LogP contribution in [0.25, 0.3) is 22.4 Å². The minimum atomic E-state index is -4.42. The zero-order valence-electron chi connectivity index (χ0n) is 23.1. The normalized spacial score (nSPS) is 16.6. The summed E-state index contributed by atoms with van der Waals surface area (Å²) in [6.45, 7) is 10.0. The molecule has 0 amide bonds. The minimum Gasteiger partial charge on any atom is -0.388 e. The van der Waals surface area contributed by atoms with E-state index in [0.717, 1.165) is 34.2 Å². The van der Waals surface area contributed by atoms with Crippen molar-refractivity contribution in [3.8, 4) is 11.3 Å². The monoisotopic (exact) mass is 541 g/mol. The Morgan fingerprint density at radius 2 is 1.85 bits per heavy atom. The predicted octanol–water partition coefficient (Wildman–Crippen LogP) is 5.28. The zero-order valence-corrected chi connectivity index (χ0v) is 23.1. The van der Waals surface area contributed by atoms with Crippen LogP contribution < -0.4 is 11.0 Å². The molecule has 1 unspecified atom stereocenters. The molecule has 0 bridgehead atoms. The molecule has 1 atom stereocenters. The Kier molecular flexibility index (Phi) is 6.61. The first-order valence-electron chi connectivity index (χ1n) is 13.0. The van der Waals surface area contributed by atoms with Gasteiger partial charge in [0.1, 0.15) is 11.5 Å². The predicted molar refractivity (Wildman–Crippen MR) is 145 cm³/mol. The molecule has 208 valence electrons. The maximum Gasteiger partial charge on any atom is 0.433 e. The lowest BCUT2D eigenvalue weighted by molar-refractivity contribution is -0.144. The van der Waals surface area contributed by atoms with Crippen molar-refractivity contribution in [2.75, 3.05) is 18.9 Å². The highest BCUT2D eigenvalue weighted by molar-refractivity contribution is 5.81. The van der Waals surface area contributed by atoms with Crippen molar-refractivity contribution in [2.24, 2.45) is 12.5 Å². The van der Waals surface area contributed by atoms with E-state index >= 15 is 0 Å². The highest BCUT2D eigenvalue weighted by Crippen LogP contribution is 2.36. The molecule has 4 heterocycles. The zero-order chi connectivity index (χ0) is 28.3. The van der Waals surface area contributed by atoms with Gasteiger partial charge in [-0.25, -0.2) is 14.8 Å². The Labute approximate surface area is 225 Å². The number of aryl methyl sites for hydroxylation is 1. The fraction of sp³-hybridized carbons (Fsp3) is 0.464. The maximum atomic E-state index is 13.4. The molecule has 5 rings (SSSR count). The molecule has 0 fully saturated rings. The summed E-state index contributed by atoms with van der Waals surface area (Å²) in [7, 11) is 3.58. The van der Waals surface area contributed by atoms with Crippen LogP contribution in [0.2, 0.25) is 0 Å². The summed E-state index contributed by atoms with van der Waals surface area (Å²) >= 11 is 0. The van der Waals surface area contributed by atoms with Gasteiger partial charge in [0, 0.05) is 51.5 Å². The number of rotatable bonds is 5. The highest BCUT2D eigenvalue weighted by atomic mass is 19.4. The Morgan fingerprint density at radius 1 is 1.10 bits per heavy atom. The first-order chi connectivity index (χ1) is 18.3. The van der Waals surface area contributed by atoms with Gasteiger partial charge in [-0.1, -0.05) is 26.8 Å². The van der Waals surface area contributed by atoms with Gasteiger partial charge in [-0.3, -0.25) is 14.0 Å². The van der Waals surface area contributed by atoms with E-state index in [1.165, 1.54) is 4.57 Å². The Hall–Kier alpha value is -3.60. The number of anilines is 1. The van der Waals surface area contributed by atoms with Crippen molar-refractivity contribution in [2.45, 2.75) is 59.5 Å². The highest BCUT2D eigenvalue weighted by Gasteiger charge is 2.38. The Balaban J connectivity index is 1.47. The molecule has 0 radical (unpaired) electrons. The molecule has 11 heteroatoms. The second kappa shape index (κ2) is 9.55. The van der Waals surface area contributed by atoms with Gasteiger partial charge in [0.25, 0.3) is 0 Å². The molecule has 1 aromatic carbocycles. The number of pyridine rings is 1. The van der Waals surface area contributed by atoms with Gasteiger partial charge in [0.2, 0.25) is 0 Å². The lowest BCUT2D eigenvalue weighted by Crippen LogP contribution is -2.37. The molecular formula is C28H34F3N7O. The van der Waals surface area contributed by atoms with Gasteiger partial charge in [-0.05, 0) is 42.2 Å². The van der Waals surface area contributed by atoms with Crippen LogP contribution in [0.5, 0.6) is 0 Å². The van der Waals surface area contributed by atoms with Gasteiger partial charge >= 0.3 is 11.9 Å². The van der Waals surface area contributed by atoms with Crippen molar-refractivity contribution >= 4 is 16.9 Å². The SMILES string of the molecule is CNc1ccc(CN2CCn3c(C(F)(F)F)cnc3C2C)cc1-c1ccc2c(n1)n(C)c(=O)n2CC(C)(C)C. The molecule has 1 aliphatic rings. The summed E-state index contributed by atoms with van der Waals surface area (Å²) in [4.78, 5) is 24.1. The summed E-state index contributed by atoms with van der Waals surface area (Å²) in [6.07, 6.45) is -3.49. The molecule has 1 N–H and O–H groups in total. The number of halogens is 3. The third kappa shape index (κ3) is 4.95. The number of hydrogen-bond donors (Lipinski definition) is 1. The number of alkyl halides is 3. The molecule has 4 aromatic rings. The maximum absolute atomic E-state index is 13.4. The van der Waals surface area contributed by atoms with Gasteiger partial charge in [-0.15, -0.1) is 0 Å². The van der Waals surface area contributed by atoms with E-state index in [4.69, 9.17) is 4.98 Å². The summed E-state index contributed by atoms with van der Waals surface area (Å²) in [5.74, 6) is 0.424. The molecule has 0 aliphatic carbocycles. The number of fused-ring (bicyclic) bond motifs is 2. The number of nitrogens with one attached hydrogen (secondary N) is 1.